The number of benzene rings is 1. The minimum atomic E-state index is -1.03. The SMILES string of the molecule is CCCOc1ccc(CN2C(=O)c3cc4occc4n3C[C@]2(C)C(=O)NC2CCCCC2)cc1. The largest absolute Gasteiger partial charge is 0.494 e. The average molecular weight is 464 g/mol. The van der Waals surface area contributed by atoms with Gasteiger partial charge in [0, 0.05) is 24.7 Å². The van der Waals surface area contributed by atoms with Gasteiger partial charge in [-0.25, -0.2) is 0 Å². The molecule has 1 fully saturated rings. The van der Waals surface area contributed by atoms with E-state index in [1.54, 1.807) is 17.2 Å². The van der Waals surface area contributed by atoms with Crippen molar-refractivity contribution in [1.82, 2.24) is 14.8 Å². The van der Waals surface area contributed by atoms with Gasteiger partial charge >= 0.3 is 0 Å². The average Bonchev–Trinajstić information content (AvgIpc) is 3.44. The zero-order chi connectivity index (χ0) is 23.7. The Labute approximate surface area is 200 Å². The molecular formula is C27H33N3O4. The molecular weight excluding hydrogens is 430 g/mol. The number of furan rings is 1. The molecule has 180 valence electrons. The molecule has 7 nitrogen and oxygen atoms in total. The summed E-state index contributed by atoms with van der Waals surface area (Å²) >= 11 is 0. The number of hydrogen-bond acceptors (Lipinski definition) is 4. The van der Waals surface area contributed by atoms with E-state index in [9.17, 15) is 9.59 Å². The molecule has 7 heteroatoms. The van der Waals surface area contributed by atoms with Crippen molar-refractivity contribution in [2.24, 2.45) is 0 Å². The van der Waals surface area contributed by atoms with Crippen LogP contribution in [0.4, 0.5) is 0 Å². The van der Waals surface area contributed by atoms with Crippen LogP contribution in [0, 0.1) is 0 Å². The summed E-state index contributed by atoms with van der Waals surface area (Å²) in [5.74, 6) is 0.555. The van der Waals surface area contributed by atoms with Gasteiger partial charge in [0.2, 0.25) is 5.91 Å². The molecule has 0 unspecified atom stereocenters. The van der Waals surface area contributed by atoms with Gasteiger partial charge in [-0.05, 0) is 43.9 Å². The molecule has 3 aromatic rings. The summed E-state index contributed by atoms with van der Waals surface area (Å²) in [6.07, 6.45) is 8.04. The summed E-state index contributed by atoms with van der Waals surface area (Å²) in [5.41, 5.74) is 2.00. The van der Waals surface area contributed by atoms with E-state index in [0.717, 1.165) is 48.9 Å². The topological polar surface area (TPSA) is 76.7 Å². The lowest BCUT2D eigenvalue weighted by molar-refractivity contribution is -0.134. The summed E-state index contributed by atoms with van der Waals surface area (Å²) in [6.45, 7) is 5.35. The minimum Gasteiger partial charge on any atom is -0.494 e. The van der Waals surface area contributed by atoms with Crippen LogP contribution in [-0.4, -0.2) is 39.5 Å². The molecule has 1 aliphatic heterocycles. The van der Waals surface area contributed by atoms with Gasteiger partial charge in [0.15, 0.2) is 5.58 Å². The predicted octanol–water partition coefficient (Wildman–Crippen LogP) is 4.89. The number of aromatic nitrogens is 1. The van der Waals surface area contributed by atoms with Crippen LogP contribution in [0.3, 0.4) is 0 Å². The van der Waals surface area contributed by atoms with Crippen LogP contribution in [0.15, 0.2) is 47.1 Å². The molecule has 1 saturated carbocycles. The quantitative estimate of drug-likeness (QED) is 0.541. The number of ether oxygens (including phenoxy) is 1. The molecule has 1 aromatic carbocycles. The Morgan fingerprint density at radius 2 is 1.94 bits per heavy atom. The third-order valence-electron chi connectivity index (χ3n) is 7.22. The number of carbonyl (C=O) groups excluding carboxylic acids is 2. The second-order valence-corrected chi connectivity index (χ2v) is 9.75. The molecule has 2 aliphatic rings. The Bertz CT molecular complexity index is 1170. The number of rotatable bonds is 7. The number of nitrogens with zero attached hydrogens (tertiary/aromatic N) is 2. The number of nitrogens with one attached hydrogen (secondary N) is 1. The molecule has 0 bridgehead atoms. The fourth-order valence-electron chi connectivity index (χ4n) is 5.20. The van der Waals surface area contributed by atoms with Crippen molar-refractivity contribution in [2.75, 3.05) is 6.61 Å². The third-order valence-corrected chi connectivity index (χ3v) is 7.22. The first kappa shape index (κ1) is 22.6. The van der Waals surface area contributed by atoms with Crippen molar-refractivity contribution in [2.45, 2.75) is 77.0 Å². The molecule has 0 spiro atoms. The van der Waals surface area contributed by atoms with Crippen molar-refractivity contribution < 1.29 is 18.7 Å². The second-order valence-electron chi connectivity index (χ2n) is 9.75. The lowest BCUT2D eigenvalue weighted by Gasteiger charge is -2.44. The van der Waals surface area contributed by atoms with E-state index in [2.05, 4.69) is 12.2 Å². The molecule has 0 radical (unpaired) electrons. The molecule has 2 amide bonds. The third kappa shape index (κ3) is 4.08. The van der Waals surface area contributed by atoms with Gasteiger partial charge in [0.05, 0.1) is 24.9 Å². The Balaban J connectivity index is 1.46. The minimum absolute atomic E-state index is 0.0911. The van der Waals surface area contributed by atoms with E-state index in [1.165, 1.54) is 6.42 Å². The first-order valence-electron chi connectivity index (χ1n) is 12.4. The molecule has 1 aliphatic carbocycles. The summed E-state index contributed by atoms with van der Waals surface area (Å²) in [4.78, 5) is 29.2. The Hall–Kier alpha value is -3.22. The summed E-state index contributed by atoms with van der Waals surface area (Å²) in [5, 5.41) is 3.27. The summed E-state index contributed by atoms with van der Waals surface area (Å²) < 4.78 is 13.2. The van der Waals surface area contributed by atoms with Gasteiger partial charge in [-0.2, -0.15) is 0 Å². The van der Waals surface area contributed by atoms with Crippen molar-refractivity contribution in [3.63, 3.8) is 0 Å². The maximum Gasteiger partial charge on any atom is 0.271 e. The van der Waals surface area contributed by atoms with Gasteiger partial charge in [0.1, 0.15) is 17.0 Å². The lowest BCUT2D eigenvalue weighted by Crippen LogP contribution is -2.64. The second kappa shape index (κ2) is 9.20. The zero-order valence-corrected chi connectivity index (χ0v) is 20.0. The van der Waals surface area contributed by atoms with E-state index < -0.39 is 5.54 Å². The predicted molar refractivity (Wildman–Crippen MR) is 130 cm³/mol. The van der Waals surface area contributed by atoms with Gasteiger partial charge in [-0.1, -0.05) is 38.3 Å². The van der Waals surface area contributed by atoms with Crippen LogP contribution in [-0.2, 0) is 17.9 Å². The maximum atomic E-state index is 13.8. The van der Waals surface area contributed by atoms with Crippen LogP contribution < -0.4 is 10.1 Å². The summed E-state index contributed by atoms with van der Waals surface area (Å²) in [7, 11) is 0. The van der Waals surface area contributed by atoms with Gasteiger partial charge in [-0.3, -0.25) is 9.59 Å². The highest BCUT2D eigenvalue weighted by Crippen LogP contribution is 2.34. The molecule has 1 N–H and O–H groups in total. The molecule has 0 saturated heterocycles. The lowest BCUT2D eigenvalue weighted by atomic mass is 9.91. The Kier molecular flexibility index (Phi) is 6.11. The van der Waals surface area contributed by atoms with Crippen molar-refractivity contribution in [3.05, 3.63) is 53.9 Å². The number of amides is 2. The molecule has 34 heavy (non-hydrogen) atoms. The van der Waals surface area contributed by atoms with E-state index in [4.69, 9.17) is 9.15 Å². The number of carbonyl (C=O) groups is 2. The number of fused-ring (bicyclic) bond motifs is 3. The van der Waals surface area contributed by atoms with Gasteiger partial charge in [-0.15, -0.1) is 0 Å². The molecule has 5 rings (SSSR count). The van der Waals surface area contributed by atoms with Crippen LogP contribution >= 0.6 is 0 Å². The van der Waals surface area contributed by atoms with Crippen LogP contribution in [0.5, 0.6) is 5.75 Å². The van der Waals surface area contributed by atoms with Gasteiger partial charge in [0.25, 0.3) is 5.91 Å². The highest BCUT2D eigenvalue weighted by molar-refractivity contribution is 6.02. The molecule has 3 heterocycles. The summed E-state index contributed by atoms with van der Waals surface area (Å²) in [6, 6.07) is 11.6. The highest BCUT2D eigenvalue weighted by Gasteiger charge is 2.48. The standard InChI is InChI=1S/C27H33N3O4/c1-3-14-33-21-11-9-19(10-12-21)17-30-25(31)23-16-24-22(13-15-34-24)29(23)18-27(30,2)26(32)28-20-7-5-4-6-8-20/h9-13,15-16,20H,3-8,14,17-18H2,1-2H3,(H,28,32)/t27-/m1/s1. The van der Waals surface area contributed by atoms with Crippen LogP contribution in [0.25, 0.3) is 11.1 Å². The fourth-order valence-corrected chi connectivity index (χ4v) is 5.20. The molecule has 2 aromatic heterocycles. The first-order valence-corrected chi connectivity index (χ1v) is 12.4. The normalized spacial score (nSPS) is 21.0. The van der Waals surface area contributed by atoms with Gasteiger partial charge < -0.3 is 23.9 Å². The van der Waals surface area contributed by atoms with E-state index in [1.807, 2.05) is 41.8 Å². The van der Waals surface area contributed by atoms with E-state index >= 15 is 0 Å². The van der Waals surface area contributed by atoms with Crippen molar-refractivity contribution in [3.8, 4) is 5.75 Å². The highest BCUT2D eigenvalue weighted by atomic mass is 16.5. The Morgan fingerprint density at radius 3 is 2.68 bits per heavy atom. The first-order chi connectivity index (χ1) is 16.5. The number of hydrogen-bond donors (Lipinski definition) is 1. The molecule has 1 atom stereocenters. The maximum absolute atomic E-state index is 13.8. The zero-order valence-electron chi connectivity index (χ0n) is 20.0. The van der Waals surface area contributed by atoms with E-state index in [-0.39, 0.29) is 17.9 Å². The fraction of sp³-hybridized carbons (Fsp3) is 0.481. The van der Waals surface area contributed by atoms with Crippen molar-refractivity contribution >= 4 is 22.9 Å². The van der Waals surface area contributed by atoms with E-state index in [0.29, 0.717) is 31.0 Å². The monoisotopic (exact) mass is 463 g/mol. The van der Waals surface area contributed by atoms with Crippen molar-refractivity contribution in [1.29, 1.82) is 0 Å². The van der Waals surface area contributed by atoms with Crippen LogP contribution in [0.2, 0.25) is 0 Å². The smallest absolute Gasteiger partial charge is 0.271 e. The Morgan fingerprint density at radius 1 is 1.18 bits per heavy atom. The van der Waals surface area contributed by atoms with Crippen LogP contribution in [0.1, 0.15) is 68.4 Å².